The molecule has 6 heteroatoms. The third-order valence-corrected chi connectivity index (χ3v) is 14.7. The second-order valence-electron chi connectivity index (χ2n) is 19.1. The second-order valence-corrected chi connectivity index (χ2v) is 19.1. The molecular weight excluding hydrogens is 917 g/mol. The van der Waals surface area contributed by atoms with Crippen LogP contribution in [0.25, 0.3) is 150 Å². The van der Waals surface area contributed by atoms with Crippen molar-refractivity contribution in [2.75, 3.05) is 0 Å². The van der Waals surface area contributed by atoms with Crippen molar-refractivity contribution in [3.63, 3.8) is 0 Å². The summed E-state index contributed by atoms with van der Waals surface area (Å²) >= 11 is 0. The van der Waals surface area contributed by atoms with E-state index in [1.165, 1.54) is 11.1 Å². The molecular formula is C69H42N4O2. The van der Waals surface area contributed by atoms with Crippen LogP contribution in [0.1, 0.15) is 0 Å². The molecule has 0 amide bonds. The van der Waals surface area contributed by atoms with Gasteiger partial charge in [0.1, 0.15) is 22.3 Å². The summed E-state index contributed by atoms with van der Waals surface area (Å²) in [5.41, 5.74) is 17.4. The zero-order chi connectivity index (χ0) is 49.4. The fraction of sp³-hybridized carbons (Fsp3) is 0. The van der Waals surface area contributed by atoms with Crippen molar-refractivity contribution >= 4 is 65.7 Å². The van der Waals surface area contributed by atoms with Crippen molar-refractivity contribution in [1.82, 2.24) is 19.5 Å². The summed E-state index contributed by atoms with van der Waals surface area (Å²) in [6.45, 7) is 0. The average Bonchev–Trinajstić information content (AvgIpc) is 4.21. The number of hydrogen-bond acceptors (Lipinski definition) is 5. The van der Waals surface area contributed by atoms with Crippen molar-refractivity contribution in [1.29, 1.82) is 0 Å². The van der Waals surface area contributed by atoms with E-state index in [-0.39, 0.29) is 0 Å². The Kier molecular flexibility index (Phi) is 9.78. The maximum atomic E-state index is 6.66. The summed E-state index contributed by atoms with van der Waals surface area (Å²) in [6, 6.07) is 89.6. The Morgan fingerprint density at radius 1 is 0.253 bits per heavy atom. The van der Waals surface area contributed by atoms with E-state index in [1.54, 1.807) is 0 Å². The molecule has 0 saturated carbocycles. The fourth-order valence-electron chi connectivity index (χ4n) is 11.2. The summed E-state index contributed by atoms with van der Waals surface area (Å²) in [7, 11) is 0. The molecule has 0 spiro atoms. The van der Waals surface area contributed by atoms with Crippen LogP contribution >= 0.6 is 0 Å². The summed E-state index contributed by atoms with van der Waals surface area (Å²) in [5.74, 6) is 1.50. The molecule has 75 heavy (non-hydrogen) atoms. The molecule has 0 aliphatic rings. The summed E-state index contributed by atoms with van der Waals surface area (Å²) in [6.07, 6.45) is 0. The van der Waals surface area contributed by atoms with Gasteiger partial charge < -0.3 is 13.4 Å². The highest BCUT2D eigenvalue weighted by molar-refractivity contribution is 6.14. The molecule has 11 aromatic carbocycles. The Morgan fingerprint density at radius 3 is 1.09 bits per heavy atom. The Bertz CT molecular complexity index is 4400. The Balaban J connectivity index is 1.04. The van der Waals surface area contributed by atoms with Gasteiger partial charge in [0.25, 0.3) is 0 Å². The van der Waals surface area contributed by atoms with Crippen LogP contribution in [-0.2, 0) is 0 Å². The zero-order valence-electron chi connectivity index (χ0n) is 40.4. The van der Waals surface area contributed by atoms with Crippen LogP contribution < -0.4 is 0 Å². The molecule has 0 aliphatic heterocycles. The van der Waals surface area contributed by atoms with Crippen molar-refractivity contribution in [2.24, 2.45) is 0 Å². The van der Waals surface area contributed by atoms with Gasteiger partial charge in [-0.1, -0.05) is 194 Å². The van der Waals surface area contributed by atoms with Gasteiger partial charge in [0.2, 0.25) is 0 Å². The largest absolute Gasteiger partial charge is 0.455 e. The minimum Gasteiger partial charge on any atom is -0.455 e. The normalized spacial score (nSPS) is 11.7. The molecule has 0 unspecified atom stereocenters. The topological polar surface area (TPSA) is 69.9 Å². The highest BCUT2D eigenvalue weighted by Crippen LogP contribution is 2.46. The van der Waals surface area contributed by atoms with Crippen molar-refractivity contribution in [3.05, 3.63) is 255 Å². The monoisotopic (exact) mass is 958 g/mol. The van der Waals surface area contributed by atoms with E-state index in [4.69, 9.17) is 23.8 Å². The van der Waals surface area contributed by atoms with Gasteiger partial charge in [0.05, 0.1) is 27.8 Å². The number of fused-ring (bicyclic) bond motifs is 9. The minimum atomic E-state index is 0.491. The number of benzene rings is 11. The third kappa shape index (κ3) is 7.07. The van der Waals surface area contributed by atoms with E-state index in [0.717, 1.165) is 110 Å². The van der Waals surface area contributed by atoms with Crippen LogP contribution in [0.3, 0.4) is 0 Å². The molecule has 6 nitrogen and oxygen atoms in total. The maximum absolute atomic E-state index is 6.66. The van der Waals surface area contributed by atoms with E-state index in [1.807, 2.05) is 48.5 Å². The number of para-hydroxylation sites is 4. The van der Waals surface area contributed by atoms with Crippen molar-refractivity contribution in [3.8, 4) is 84.4 Å². The number of hydrogen-bond donors (Lipinski definition) is 0. The lowest BCUT2D eigenvalue weighted by Gasteiger charge is -2.21. The second kappa shape index (κ2) is 17.3. The lowest BCUT2D eigenvalue weighted by molar-refractivity contribution is 0.669. The quantitative estimate of drug-likeness (QED) is 0.152. The molecule has 0 radical (unpaired) electrons. The molecule has 0 aliphatic carbocycles. The highest BCUT2D eigenvalue weighted by atomic mass is 16.3. The predicted molar refractivity (Wildman–Crippen MR) is 307 cm³/mol. The number of rotatable bonds is 8. The van der Waals surface area contributed by atoms with E-state index >= 15 is 0 Å². The first kappa shape index (κ1) is 42.5. The van der Waals surface area contributed by atoms with Crippen LogP contribution in [0.15, 0.2) is 264 Å². The van der Waals surface area contributed by atoms with E-state index in [2.05, 4.69) is 211 Å². The molecule has 0 bridgehead atoms. The first-order valence-electron chi connectivity index (χ1n) is 25.2. The van der Waals surface area contributed by atoms with E-state index in [0.29, 0.717) is 28.6 Å². The van der Waals surface area contributed by atoms with Crippen LogP contribution in [0.5, 0.6) is 0 Å². The minimum absolute atomic E-state index is 0.491. The summed E-state index contributed by atoms with van der Waals surface area (Å²) in [5, 5.41) is 6.38. The van der Waals surface area contributed by atoms with Gasteiger partial charge in [0, 0.05) is 49.0 Å². The van der Waals surface area contributed by atoms with Gasteiger partial charge in [-0.15, -0.1) is 0 Å². The van der Waals surface area contributed by atoms with Crippen molar-refractivity contribution < 1.29 is 8.83 Å². The maximum Gasteiger partial charge on any atom is 0.167 e. The van der Waals surface area contributed by atoms with Gasteiger partial charge in [-0.25, -0.2) is 15.0 Å². The van der Waals surface area contributed by atoms with Gasteiger partial charge in [-0.2, -0.15) is 0 Å². The lowest BCUT2D eigenvalue weighted by atomic mass is 9.92. The van der Waals surface area contributed by atoms with Gasteiger partial charge >= 0.3 is 0 Å². The fourth-order valence-corrected chi connectivity index (χ4v) is 11.2. The molecule has 4 heterocycles. The van der Waals surface area contributed by atoms with Gasteiger partial charge in [-0.05, 0) is 94.0 Å². The smallest absolute Gasteiger partial charge is 0.167 e. The number of nitrogens with zero attached hydrogens (tertiary/aromatic N) is 4. The zero-order valence-corrected chi connectivity index (χ0v) is 40.4. The Labute approximate surface area is 431 Å². The summed E-state index contributed by atoms with van der Waals surface area (Å²) in [4.78, 5) is 16.3. The Hall–Kier alpha value is -10.2. The van der Waals surface area contributed by atoms with E-state index in [9.17, 15) is 0 Å². The highest BCUT2D eigenvalue weighted by Gasteiger charge is 2.25. The van der Waals surface area contributed by atoms with E-state index < -0.39 is 0 Å². The lowest BCUT2D eigenvalue weighted by Crippen LogP contribution is -2.04. The molecule has 350 valence electrons. The first-order chi connectivity index (χ1) is 37.2. The molecule has 15 aromatic rings. The summed E-state index contributed by atoms with van der Waals surface area (Å²) < 4.78 is 15.8. The van der Waals surface area contributed by atoms with Gasteiger partial charge in [0.15, 0.2) is 17.5 Å². The predicted octanol–water partition coefficient (Wildman–Crippen LogP) is 18.4. The third-order valence-electron chi connectivity index (χ3n) is 14.7. The standard InChI is InChI=1S/C69H42N4O2/c1-5-19-43(20-6-1)47-35-37-60-58(39-47)59-40-48(44-21-7-2-8-22-44)36-38-61(59)73(60)64-56(45-23-9-3-10-24-45)41-49(42-57(64)46-25-11-4-12-26-46)67-70-68(54-31-17-29-52-50-27-13-15-33-62(50)74-65(52)54)72-69(71-67)55-32-18-30-53-51-28-14-16-34-63(51)75-66(53)55/h1-42H. The van der Waals surface area contributed by atoms with Crippen LogP contribution in [0.4, 0.5) is 0 Å². The number of furan rings is 2. The molecule has 4 aromatic heterocycles. The first-order valence-corrected chi connectivity index (χ1v) is 25.2. The number of aromatic nitrogens is 4. The molecule has 0 saturated heterocycles. The average molecular weight is 959 g/mol. The SMILES string of the molecule is c1ccc(-c2ccc3c(c2)c2cc(-c4ccccc4)ccc2n3-c2c(-c3ccccc3)cc(-c3nc(-c4cccc5c4oc4ccccc45)nc(-c4cccc5c4oc4ccccc45)n3)cc2-c2ccccc2)cc1. The Morgan fingerprint density at radius 2 is 0.640 bits per heavy atom. The van der Waals surface area contributed by atoms with Crippen LogP contribution in [-0.4, -0.2) is 19.5 Å². The van der Waals surface area contributed by atoms with Crippen LogP contribution in [0, 0.1) is 0 Å². The van der Waals surface area contributed by atoms with Crippen LogP contribution in [0.2, 0.25) is 0 Å². The molecule has 0 N–H and O–H groups in total. The van der Waals surface area contributed by atoms with Gasteiger partial charge in [-0.3, -0.25) is 0 Å². The molecule has 0 fully saturated rings. The molecule has 0 atom stereocenters. The molecule has 15 rings (SSSR count). The van der Waals surface area contributed by atoms with Crippen molar-refractivity contribution in [2.45, 2.75) is 0 Å².